The molecule has 70 valence electrons. The van der Waals surface area contributed by atoms with Gasteiger partial charge in [-0.3, -0.25) is 4.79 Å². The molecule has 1 aliphatic heterocycles. The molecule has 0 bridgehead atoms. The van der Waals surface area contributed by atoms with Crippen LogP contribution in [0.3, 0.4) is 0 Å². The topological polar surface area (TPSA) is 20.3 Å². The Morgan fingerprint density at radius 2 is 2.54 bits per heavy atom. The van der Waals surface area contributed by atoms with Crippen LogP contribution in [0, 0.1) is 0 Å². The van der Waals surface area contributed by atoms with Gasteiger partial charge >= 0.3 is 0 Å². The molecule has 0 spiro atoms. The number of amides is 1. The molecule has 1 saturated heterocycles. The zero-order valence-electron chi connectivity index (χ0n) is 7.23. The number of hydrogen-bond acceptors (Lipinski definition) is 3. The Labute approximate surface area is 85.9 Å². The molecule has 1 amide bonds. The van der Waals surface area contributed by atoms with E-state index in [9.17, 15) is 4.79 Å². The van der Waals surface area contributed by atoms with Crippen LogP contribution in [0.1, 0.15) is 5.56 Å². The molecule has 2 heterocycles. The smallest absolute Gasteiger partial charge is 0.227 e. The molecule has 0 radical (unpaired) electrons. The van der Waals surface area contributed by atoms with Gasteiger partial charge in [0, 0.05) is 12.3 Å². The van der Waals surface area contributed by atoms with Crippen LogP contribution in [0.5, 0.6) is 0 Å². The van der Waals surface area contributed by atoms with Crippen molar-refractivity contribution in [1.29, 1.82) is 0 Å². The van der Waals surface area contributed by atoms with E-state index < -0.39 is 0 Å². The predicted octanol–water partition coefficient (Wildman–Crippen LogP) is 1.82. The van der Waals surface area contributed by atoms with Gasteiger partial charge in [0.1, 0.15) is 0 Å². The zero-order valence-corrected chi connectivity index (χ0v) is 8.87. The van der Waals surface area contributed by atoms with Crippen molar-refractivity contribution >= 4 is 29.0 Å². The van der Waals surface area contributed by atoms with E-state index in [2.05, 4.69) is 0 Å². The standard InChI is InChI=1S/C9H11NOS2/c11-9(10-2-4-13-7-10)5-8-1-3-12-6-8/h1,3,6H,2,4-5,7H2. The monoisotopic (exact) mass is 213 g/mol. The second-order valence-corrected chi connectivity index (χ2v) is 4.86. The highest BCUT2D eigenvalue weighted by molar-refractivity contribution is 7.99. The van der Waals surface area contributed by atoms with Gasteiger partial charge in [0.2, 0.25) is 5.91 Å². The summed E-state index contributed by atoms with van der Waals surface area (Å²) in [7, 11) is 0. The minimum absolute atomic E-state index is 0.267. The number of thioether (sulfide) groups is 1. The van der Waals surface area contributed by atoms with Crippen molar-refractivity contribution in [2.24, 2.45) is 0 Å². The van der Waals surface area contributed by atoms with Crippen LogP contribution in [-0.4, -0.2) is 29.0 Å². The number of rotatable bonds is 2. The lowest BCUT2D eigenvalue weighted by Crippen LogP contribution is -2.29. The summed E-state index contributed by atoms with van der Waals surface area (Å²) in [6.07, 6.45) is 0.573. The number of thiophene rings is 1. The van der Waals surface area contributed by atoms with Crippen LogP contribution in [0.4, 0.5) is 0 Å². The van der Waals surface area contributed by atoms with Gasteiger partial charge in [0.15, 0.2) is 0 Å². The van der Waals surface area contributed by atoms with Gasteiger partial charge < -0.3 is 4.90 Å². The maximum atomic E-state index is 11.6. The van der Waals surface area contributed by atoms with Crippen molar-refractivity contribution in [3.63, 3.8) is 0 Å². The molecule has 13 heavy (non-hydrogen) atoms. The molecule has 4 heteroatoms. The van der Waals surface area contributed by atoms with Gasteiger partial charge in [-0.1, -0.05) is 0 Å². The third-order valence-electron chi connectivity index (χ3n) is 2.04. The van der Waals surface area contributed by atoms with E-state index in [0.717, 1.165) is 23.7 Å². The number of carbonyl (C=O) groups is 1. The maximum Gasteiger partial charge on any atom is 0.227 e. The van der Waals surface area contributed by atoms with Crippen molar-refractivity contribution in [3.05, 3.63) is 22.4 Å². The highest BCUT2D eigenvalue weighted by atomic mass is 32.2. The first-order valence-electron chi connectivity index (χ1n) is 4.23. The Kier molecular flexibility index (Phi) is 2.90. The zero-order chi connectivity index (χ0) is 9.10. The van der Waals surface area contributed by atoms with Crippen molar-refractivity contribution in [2.45, 2.75) is 6.42 Å². The minimum Gasteiger partial charge on any atom is -0.332 e. The largest absolute Gasteiger partial charge is 0.332 e. The Morgan fingerprint density at radius 3 is 3.15 bits per heavy atom. The molecule has 0 saturated carbocycles. The predicted molar refractivity (Wildman–Crippen MR) is 57.1 cm³/mol. The van der Waals surface area contributed by atoms with E-state index >= 15 is 0 Å². The molecule has 0 atom stereocenters. The average molecular weight is 213 g/mol. The molecule has 1 aromatic heterocycles. The molecular formula is C9H11NOS2. The lowest BCUT2D eigenvalue weighted by molar-refractivity contribution is -0.128. The maximum absolute atomic E-state index is 11.6. The van der Waals surface area contributed by atoms with Crippen molar-refractivity contribution in [2.75, 3.05) is 18.2 Å². The summed E-state index contributed by atoms with van der Waals surface area (Å²) in [5.74, 6) is 2.24. The van der Waals surface area contributed by atoms with Gasteiger partial charge in [-0.25, -0.2) is 0 Å². The number of nitrogens with zero attached hydrogens (tertiary/aromatic N) is 1. The molecule has 0 aromatic carbocycles. The number of carbonyl (C=O) groups excluding carboxylic acids is 1. The van der Waals surface area contributed by atoms with Crippen molar-refractivity contribution in [3.8, 4) is 0 Å². The van der Waals surface area contributed by atoms with Gasteiger partial charge in [0.25, 0.3) is 0 Å². The van der Waals surface area contributed by atoms with Gasteiger partial charge in [0.05, 0.1) is 12.3 Å². The average Bonchev–Trinajstić information content (AvgIpc) is 2.74. The Hall–Kier alpha value is -0.480. The number of hydrogen-bond donors (Lipinski definition) is 0. The van der Waals surface area contributed by atoms with Crippen molar-refractivity contribution < 1.29 is 4.79 Å². The summed E-state index contributed by atoms with van der Waals surface area (Å²) in [4.78, 5) is 13.6. The van der Waals surface area contributed by atoms with Crippen LogP contribution in [0.15, 0.2) is 16.8 Å². The lowest BCUT2D eigenvalue weighted by Gasteiger charge is -2.13. The van der Waals surface area contributed by atoms with Crippen LogP contribution in [0.25, 0.3) is 0 Å². The van der Waals surface area contributed by atoms with Crippen molar-refractivity contribution in [1.82, 2.24) is 4.90 Å². The van der Waals surface area contributed by atoms with Gasteiger partial charge in [-0.05, 0) is 22.4 Å². The van der Waals surface area contributed by atoms with Crippen LogP contribution in [0.2, 0.25) is 0 Å². The fourth-order valence-corrected chi connectivity index (χ4v) is 2.93. The Balaban J connectivity index is 1.91. The van der Waals surface area contributed by atoms with Gasteiger partial charge in [-0.2, -0.15) is 11.3 Å². The molecule has 1 aliphatic rings. The molecule has 0 aliphatic carbocycles. The summed E-state index contributed by atoms with van der Waals surface area (Å²) >= 11 is 3.48. The van der Waals surface area contributed by atoms with E-state index in [-0.39, 0.29) is 5.91 Å². The fraction of sp³-hybridized carbons (Fsp3) is 0.444. The molecule has 2 nitrogen and oxygen atoms in total. The summed E-state index contributed by atoms with van der Waals surface area (Å²) in [5, 5.41) is 4.06. The van der Waals surface area contributed by atoms with E-state index in [1.165, 1.54) is 0 Å². The first kappa shape index (κ1) is 9.09. The highest BCUT2D eigenvalue weighted by Crippen LogP contribution is 2.15. The second kappa shape index (κ2) is 4.15. The van der Waals surface area contributed by atoms with Crippen LogP contribution >= 0.6 is 23.1 Å². The molecule has 1 aromatic rings. The molecule has 1 fully saturated rings. The van der Waals surface area contributed by atoms with Gasteiger partial charge in [-0.15, -0.1) is 11.8 Å². The summed E-state index contributed by atoms with van der Waals surface area (Å²) in [5.41, 5.74) is 1.15. The van der Waals surface area contributed by atoms with Crippen LogP contribution in [-0.2, 0) is 11.2 Å². The third-order valence-corrected chi connectivity index (χ3v) is 3.74. The second-order valence-electron chi connectivity index (χ2n) is 3.00. The normalized spacial score (nSPS) is 16.5. The molecular weight excluding hydrogens is 202 g/mol. The molecule has 0 N–H and O–H groups in total. The Bertz CT molecular complexity index is 278. The van der Waals surface area contributed by atoms with E-state index in [0.29, 0.717) is 6.42 Å². The third kappa shape index (κ3) is 2.25. The molecule has 0 unspecified atom stereocenters. The SMILES string of the molecule is O=C(Cc1ccsc1)N1CCSC1. The fourth-order valence-electron chi connectivity index (χ4n) is 1.29. The quantitative estimate of drug-likeness (QED) is 0.747. The van der Waals surface area contributed by atoms with E-state index in [4.69, 9.17) is 0 Å². The molecule has 2 rings (SSSR count). The first-order valence-corrected chi connectivity index (χ1v) is 6.32. The van der Waals surface area contributed by atoms with Crippen LogP contribution < -0.4 is 0 Å². The highest BCUT2D eigenvalue weighted by Gasteiger charge is 2.18. The summed E-state index contributed by atoms with van der Waals surface area (Å²) in [6, 6.07) is 2.02. The van der Waals surface area contributed by atoms with E-state index in [1.54, 1.807) is 11.3 Å². The van der Waals surface area contributed by atoms with E-state index in [1.807, 2.05) is 33.5 Å². The first-order chi connectivity index (χ1) is 6.36. The summed E-state index contributed by atoms with van der Waals surface area (Å²) < 4.78 is 0. The minimum atomic E-state index is 0.267. The summed E-state index contributed by atoms with van der Waals surface area (Å²) in [6.45, 7) is 0.924. The Morgan fingerprint density at radius 1 is 1.62 bits per heavy atom. The lowest BCUT2D eigenvalue weighted by atomic mass is 10.2.